The molecular formula is C15H23N3. The molecule has 0 bridgehead atoms. The summed E-state index contributed by atoms with van der Waals surface area (Å²) in [5.41, 5.74) is 2.97. The highest BCUT2D eigenvalue weighted by Gasteiger charge is 2.07. The Labute approximate surface area is 110 Å². The van der Waals surface area contributed by atoms with Crippen LogP contribution in [0.25, 0.3) is 0 Å². The van der Waals surface area contributed by atoms with E-state index >= 15 is 0 Å². The van der Waals surface area contributed by atoms with Gasteiger partial charge in [0.2, 0.25) is 0 Å². The summed E-state index contributed by atoms with van der Waals surface area (Å²) in [5, 5.41) is 12.6. The van der Waals surface area contributed by atoms with Gasteiger partial charge in [0.05, 0.1) is 11.3 Å². The molecule has 0 aliphatic carbocycles. The van der Waals surface area contributed by atoms with Gasteiger partial charge < -0.3 is 10.2 Å². The van der Waals surface area contributed by atoms with Gasteiger partial charge in [-0.2, -0.15) is 5.26 Å². The molecule has 0 aromatic heterocycles. The van der Waals surface area contributed by atoms with Crippen molar-refractivity contribution < 1.29 is 0 Å². The molecule has 18 heavy (non-hydrogen) atoms. The lowest BCUT2D eigenvalue weighted by atomic mass is 10.1. The number of anilines is 1. The second-order valence-electron chi connectivity index (χ2n) is 4.56. The number of hydrogen-bond acceptors (Lipinski definition) is 3. The van der Waals surface area contributed by atoms with Crippen LogP contribution in [-0.4, -0.2) is 20.1 Å². The first-order chi connectivity index (χ1) is 8.72. The van der Waals surface area contributed by atoms with Crippen molar-refractivity contribution in [2.24, 2.45) is 0 Å². The van der Waals surface area contributed by atoms with Crippen LogP contribution in [0.1, 0.15) is 37.8 Å². The minimum absolute atomic E-state index is 0.766. The van der Waals surface area contributed by atoms with Gasteiger partial charge >= 0.3 is 0 Å². The molecule has 0 amide bonds. The minimum Gasteiger partial charge on any atom is -0.374 e. The van der Waals surface area contributed by atoms with Crippen LogP contribution < -0.4 is 10.2 Å². The molecule has 1 aromatic carbocycles. The van der Waals surface area contributed by atoms with Crippen LogP contribution in [0, 0.1) is 11.3 Å². The molecular weight excluding hydrogens is 222 g/mol. The van der Waals surface area contributed by atoms with E-state index in [0.717, 1.165) is 43.7 Å². The second kappa shape index (κ2) is 7.73. The maximum Gasteiger partial charge on any atom is 0.101 e. The van der Waals surface area contributed by atoms with Crippen LogP contribution in [0.4, 0.5) is 5.69 Å². The van der Waals surface area contributed by atoms with Crippen LogP contribution in [0.5, 0.6) is 0 Å². The standard InChI is InChI=1S/C15H23N3/c1-4-8-17-12-13-6-7-15(14(10-13)11-16)18(3)9-5-2/h6-7,10,17H,4-5,8-9,12H2,1-3H3. The van der Waals surface area contributed by atoms with Crippen LogP contribution in [-0.2, 0) is 6.54 Å². The topological polar surface area (TPSA) is 39.1 Å². The minimum atomic E-state index is 0.766. The first-order valence-corrected chi connectivity index (χ1v) is 6.67. The number of nitrogens with one attached hydrogen (secondary N) is 1. The Bertz CT molecular complexity index is 407. The molecule has 3 nitrogen and oxygen atoms in total. The van der Waals surface area contributed by atoms with Gasteiger partial charge in [-0.3, -0.25) is 0 Å². The number of nitriles is 1. The largest absolute Gasteiger partial charge is 0.374 e. The first-order valence-electron chi connectivity index (χ1n) is 6.67. The predicted octanol–water partition coefficient (Wildman–Crippen LogP) is 2.90. The van der Waals surface area contributed by atoms with E-state index in [4.69, 9.17) is 0 Å². The van der Waals surface area contributed by atoms with Crippen LogP contribution in [0.15, 0.2) is 18.2 Å². The van der Waals surface area contributed by atoms with Crippen LogP contribution in [0.3, 0.4) is 0 Å². The van der Waals surface area contributed by atoms with Gasteiger partial charge in [-0.15, -0.1) is 0 Å². The van der Waals surface area contributed by atoms with Gasteiger partial charge in [-0.1, -0.05) is 19.9 Å². The van der Waals surface area contributed by atoms with E-state index in [1.165, 1.54) is 5.56 Å². The number of rotatable bonds is 7. The summed E-state index contributed by atoms with van der Waals surface area (Å²) in [7, 11) is 2.04. The average Bonchev–Trinajstić information content (AvgIpc) is 2.39. The molecule has 0 spiro atoms. The van der Waals surface area contributed by atoms with Crippen LogP contribution in [0.2, 0.25) is 0 Å². The molecule has 1 rings (SSSR count). The normalized spacial score (nSPS) is 10.1. The summed E-state index contributed by atoms with van der Waals surface area (Å²) in [4.78, 5) is 2.14. The zero-order valence-electron chi connectivity index (χ0n) is 11.7. The fourth-order valence-corrected chi connectivity index (χ4v) is 1.98. The highest BCUT2D eigenvalue weighted by Crippen LogP contribution is 2.20. The summed E-state index contributed by atoms with van der Waals surface area (Å²) in [6.07, 6.45) is 2.21. The van der Waals surface area contributed by atoms with Crippen molar-refractivity contribution in [1.82, 2.24) is 5.32 Å². The third kappa shape index (κ3) is 4.05. The number of nitrogens with zero attached hydrogens (tertiary/aromatic N) is 2. The van der Waals surface area contributed by atoms with Crippen molar-refractivity contribution in [3.63, 3.8) is 0 Å². The summed E-state index contributed by atoms with van der Waals surface area (Å²) in [5.74, 6) is 0. The molecule has 1 aromatic rings. The van der Waals surface area contributed by atoms with Gasteiger partial charge in [0.15, 0.2) is 0 Å². The monoisotopic (exact) mass is 245 g/mol. The molecule has 0 unspecified atom stereocenters. The Hall–Kier alpha value is -1.53. The molecule has 0 aliphatic rings. The molecule has 0 saturated carbocycles. The first kappa shape index (κ1) is 14.5. The quantitative estimate of drug-likeness (QED) is 0.751. The predicted molar refractivity (Wildman–Crippen MR) is 76.7 cm³/mol. The van der Waals surface area contributed by atoms with Gasteiger partial charge in [0, 0.05) is 20.1 Å². The van der Waals surface area contributed by atoms with Crippen molar-refractivity contribution in [3.05, 3.63) is 29.3 Å². The molecule has 0 atom stereocenters. The number of benzene rings is 1. The van der Waals surface area contributed by atoms with Crippen molar-refractivity contribution in [2.75, 3.05) is 25.0 Å². The smallest absolute Gasteiger partial charge is 0.101 e. The summed E-state index contributed by atoms with van der Waals surface area (Å²) in [6.45, 7) is 7.11. The van der Waals surface area contributed by atoms with E-state index in [0.29, 0.717) is 0 Å². The average molecular weight is 245 g/mol. The highest BCUT2D eigenvalue weighted by atomic mass is 15.1. The Morgan fingerprint density at radius 2 is 2.06 bits per heavy atom. The van der Waals surface area contributed by atoms with E-state index in [9.17, 15) is 5.26 Å². The van der Waals surface area contributed by atoms with Gasteiger partial charge in [0.1, 0.15) is 6.07 Å². The molecule has 98 valence electrons. The Balaban J connectivity index is 2.80. The van der Waals surface area contributed by atoms with E-state index in [2.05, 4.69) is 42.3 Å². The summed E-state index contributed by atoms with van der Waals surface area (Å²) < 4.78 is 0. The zero-order valence-corrected chi connectivity index (χ0v) is 11.7. The molecule has 0 aliphatic heterocycles. The molecule has 1 N–H and O–H groups in total. The van der Waals surface area contributed by atoms with Crippen molar-refractivity contribution >= 4 is 5.69 Å². The maximum absolute atomic E-state index is 9.23. The lowest BCUT2D eigenvalue weighted by Gasteiger charge is -2.20. The van der Waals surface area contributed by atoms with E-state index in [1.54, 1.807) is 0 Å². The van der Waals surface area contributed by atoms with E-state index in [-0.39, 0.29) is 0 Å². The maximum atomic E-state index is 9.23. The molecule has 0 saturated heterocycles. The summed E-state index contributed by atoms with van der Waals surface area (Å²) >= 11 is 0. The molecule has 0 heterocycles. The third-order valence-corrected chi connectivity index (χ3v) is 2.91. The lowest BCUT2D eigenvalue weighted by Crippen LogP contribution is -2.19. The molecule has 0 fully saturated rings. The Morgan fingerprint density at radius 3 is 2.67 bits per heavy atom. The van der Waals surface area contributed by atoms with E-state index in [1.807, 2.05) is 13.1 Å². The zero-order chi connectivity index (χ0) is 13.4. The van der Waals surface area contributed by atoms with Crippen LogP contribution >= 0.6 is 0 Å². The van der Waals surface area contributed by atoms with Gasteiger partial charge in [-0.05, 0) is 37.1 Å². The Kier molecular flexibility index (Phi) is 6.24. The third-order valence-electron chi connectivity index (χ3n) is 2.91. The Morgan fingerprint density at radius 1 is 1.28 bits per heavy atom. The van der Waals surface area contributed by atoms with Gasteiger partial charge in [-0.25, -0.2) is 0 Å². The fraction of sp³-hybridized carbons (Fsp3) is 0.533. The lowest BCUT2D eigenvalue weighted by molar-refractivity contribution is 0.675. The highest BCUT2D eigenvalue weighted by molar-refractivity contribution is 5.60. The van der Waals surface area contributed by atoms with Crippen molar-refractivity contribution in [1.29, 1.82) is 5.26 Å². The van der Waals surface area contributed by atoms with E-state index < -0.39 is 0 Å². The SMILES string of the molecule is CCCNCc1ccc(N(C)CCC)c(C#N)c1. The summed E-state index contributed by atoms with van der Waals surface area (Å²) in [6, 6.07) is 8.44. The van der Waals surface area contributed by atoms with Crippen molar-refractivity contribution in [2.45, 2.75) is 33.2 Å². The van der Waals surface area contributed by atoms with Gasteiger partial charge in [0.25, 0.3) is 0 Å². The molecule has 3 heteroatoms. The van der Waals surface area contributed by atoms with Crippen molar-refractivity contribution in [3.8, 4) is 6.07 Å². The second-order valence-corrected chi connectivity index (χ2v) is 4.56. The molecule has 0 radical (unpaired) electrons. The number of hydrogen-bond donors (Lipinski definition) is 1. The fourth-order valence-electron chi connectivity index (χ4n) is 1.98.